The third kappa shape index (κ3) is 4.14. The van der Waals surface area contributed by atoms with E-state index in [1.807, 2.05) is 60.7 Å². The molecule has 1 amide bonds. The van der Waals surface area contributed by atoms with Crippen molar-refractivity contribution in [2.75, 3.05) is 13.3 Å². The molecule has 3 rings (SSSR count). The lowest BCUT2D eigenvalue weighted by molar-refractivity contribution is -0.142. The van der Waals surface area contributed by atoms with Crippen molar-refractivity contribution in [3.63, 3.8) is 0 Å². The summed E-state index contributed by atoms with van der Waals surface area (Å²) in [6, 6.07) is 19.4. The monoisotopic (exact) mass is 353 g/mol. The van der Waals surface area contributed by atoms with E-state index in [1.54, 1.807) is 4.90 Å². The van der Waals surface area contributed by atoms with Crippen LogP contribution in [0.5, 0.6) is 0 Å². The molecular weight excluding hydrogens is 326 g/mol. The molecular formula is C22H27NO3. The zero-order chi connectivity index (χ0) is 18.5. The molecule has 2 aromatic rings. The van der Waals surface area contributed by atoms with Gasteiger partial charge in [0.15, 0.2) is 0 Å². The Hall–Kier alpha value is -2.17. The molecule has 3 atom stereocenters. The van der Waals surface area contributed by atoms with Crippen molar-refractivity contribution < 1.29 is 14.6 Å². The van der Waals surface area contributed by atoms with Crippen molar-refractivity contribution in [1.29, 1.82) is 0 Å². The Morgan fingerprint density at radius 1 is 1.12 bits per heavy atom. The van der Waals surface area contributed by atoms with Gasteiger partial charge in [-0.15, -0.1) is 0 Å². The highest BCUT2D eigenvalue weighted by Crippen LogP contribution is 2.30. The third-order valence-corrected chi connectivity index (χ3v) is 5.11. The van der Waals surface area contributed by atoms with Gasteiger partial charge in [0.05, 0.1) is 24.7 Å². The predicted molar refractivity (Wildman–Crippen MR) is 101 cm³/mol. The average Bonchev–Trinajstić information content (AvgIpc) is 3.17. The summed E-state index contributed by atoms with van der Waals surface area (Å²) in [5, 5.41) is 11.0. The maximum absolute atomic E-state index is 13.4. The molecule has 0 saturated carbocycles. The molecule has 1 aliphatic heterocycles. The highest BCUT2D eigenvalue weighted by atomic mass is 16.5. The van der Waals surface area contributed by atoms with Crippen LogP contribution >= 0.6 is 0 Å². The number of aliphatic hydroxyl groups is 1. The van der Waals surface area contributed by atoms with Gasteiger partial charge in [0.1, 0.15) is 6.73 Å². The largest absolute Gasteiger partial charge is 0.388 e. The standard InChI is InChI=1S/C22H27NO3/c1-16(2)20-14-26-15-23(20)22(25)19(13-17-9-5-3-6-10-17)21(24)18-11-7-4-8-12-18/h3-12,16,19-21,24H,13-15H2,1-2H3/t19-,20-,21+/m1/s1. The number of ether oxygens (including phenoxy) is 1. The van der Waals surface area contributed by atoms with Gasteiger partial charge < -0.3 is 14.7 Å². The number of rotatable bonds is 6. The number of aliphatic hydroxyl groups excluding tert-OH is 1. The van der Waals surface area contributed by atoms with Gasteiger partial charge in [0, 0.05) is 0 Å². The van der Waals surface area contributed by atoms with Gasteiger partial charge in [0.25, 0.3) is 0 Å². The van der Waals surface area contributed by atoms with Crippen molar-refractivity contribution in [1.82, 2.24) is 4.90 Å². The number of amides is 1. The minimum atomic E-state index is -0.850. The Morgan fingerprint density at radius 3 is 2.35 bits per heavy atom. The van der Waals surface area contributed by atoms with Crippen LogP contribution in [0.3, 0.4) is 0 Å². The van der Waals surface area contributed by atoms with E-state index in [-0.39, 0.29) is 11.9 Å². The van der Waals surface area contributed by atoms with Gasteiger partial charge in [-0.1, -0.05) is 74.5 Å². The molecule has 1 saturated heterocycles. The fourth-order valence-corrected chi connectivity index (χ4v) is 3.53. The summed E-state index contributed by atoms with van der Waals surface area (Å²) in [7, 11) is 0. The van der Waals surface area contributed by atoms with Crippen LogP contribution in [-0.4, -0.2) is 35.3 Å². The molecule has 0 bridgehead atoms. The summed E-state index contributed by atoms with van der Waals surface area (Å²) in [4.78, 5) is 15.2. The van der Waals surface area contributed by atoms with E-state index >= 15 is 0 Å². The van der Waals surface area contributed by atoms with Gasteiger partial charge >= 0.3 is 0 Å². The van der Waals surface area contributed by atoms with E-state index in [9.17, 15) is 9.90 Å². The van der Waals surface area contributed by atoms with Crippen LogP contribution in [0.15, 0.2) is 60.7 Å². The van der Waals surface area contributed by atoms with E-state index in [4.69, 9.17) is 4.74 Å². The molecule has 1 N–H and O–H groups in total. The van der Waals surface area contributed by atoms with Crippen LogP contribution in [-0.2, 0) is 16.0 Å². The smallest absolute Gasteiger partial charge is 0.231 e. The first-order valence-electron chi connectivity index (χ1n) is 9.23. The topological polar surface area (TPSA) is 49.8 Å². The Kier molecular flexibility index (Phi) is 6.07. The lowest BCUT2D eigenvalue weighted by Gasteiger charge is -2.31. The first kappa shape index (κ1) is 18.6. The second-order valence-corrected chi connectivity index (χ2v) is 7.27. The number of benzene rings is 2. The molecule has 0 unspecified atom stereocenters. The molecule has 1 aliphatic rings. The van der Waals surface area contributed by atoms with Crippen molar-refractivity contribution in [3.8, 4) is 0 Å². The SMILES string of the molecule is CC(C)[C@H]1COCN1C(=O)[C@H](Cc1ccccc1)[C@@H](O)c1ccccc1. The van der Waals surface area contributed by atoms with Crippen LogP contribution in [0, 0.1) is 11.8 Å². The Labute approximate surface area is 155 Å². The number of carbonyl (C=O) groups is 1. The van der Waals surface area contributed by atoms with Crippen molar-refractivity contribution in [2.45, 2.75) is 32.4 Å². The molecule has 138 valence electrons. The van der Waals surface area contributed by atoms with Crippen LogP contribution < -0.4 is 0 Å². The minimum absolute atomic E-state index is 0.0404. The fourth-order valence-electron chi connectivity index (χ4n) is 3.53. The van der Waals surface area contributed by atoms with Crippen molar-refractivity contribution >= 4 is 5.91 Å². The maximum Gasteiger partial charge on any atom is 0.231 e. The number of nitrogens with zero attached hydrogens (tertiary/aromatic N) is 1. The number of hydrogen-bond donors (Lipinski definition) is 1. The van der Waals surface area contributed by atoms with Crippen molar-refractivity contribution in [3.05, 3.63) is 71.8 Å². The molecule has 1 fully saturated rings. The Balaban J connectivity index is 1.88. The summed E-state index contributed by atoms with van der Waals surface area (Å²) in [5.41, 5.74) is 1.81. The number of carbonyl (C=O) groups excluding carboxylic acids is 1. The normalized spacial score (nSPS) is 19.5. The number of hydrogen-bond acceptors (Lipinski definition) is 3. The summed E-state index contributed by atoms with van der Waals surface area (Å²) in [5.74, 6) is -0.267. The molecule has 26 heavy (non-hydrogen) atoms. The average molecular weight is 353 g/mol. The molecule has 0 aromatic heterocycles. The van der Waals surface area contributed by atoms with Gasteiger partial charge in [-0.05, 0) is 23.5 Å². The second-order valence-electron chi connectivity index (χ2n) is 7.27. The Morgan fingerprint density at radius 2 is 1.73 bits per heavy atom. The van der Waals surface area contributed by atoms with E-state index in [0.29, 0.717) is 25.7 Å². The van der Waals surface area contributed by atoms with Gasteiger partial charge in [0.2, 0.25) is 5.91 Å². The van der Waals surface area contributed by atoms with E-state index in [0.717, 1.165) is 11.1 Å². The van der Waals surface area contributed by atoms with Gasteiger partial charge in [-0.2, -0.15) is 0 Å². The molecule has 1 heterocycles. The second kappa shape index (κ2) is 8.47. The quantitative estimate of drug-likeness (QED) is 0.866. The minimum Gasteiger partial charge on any atom is -0.388 e. The highest BCUT2D eigenvalue weighted by Gasteiger charge is 2.38. The van der Waals surface area contributed by atoms with Crippen LogP contribution in [0.25, 0.3) is 0 Å². The maximum atomic E-state index is 13.4. The van der Waals surface area contributed by atoms with E-state index in [2.05, 4.69) is 13.8 Å². The third-order valence-electron chi connectivity index (χ3n) is 5.11. The zero-order valence-electron chi connectivity index (χ0n) is 15.4. The van der Waals surface area contributed by atoms with Crippen LogP contribution in [0.2, 0.25) is 0 Å². The fraction of sp³-hybridized carbons (Fsp3) is 0.409. The summed E-state index contributed by atoms with van der Waals surface area (Å²) >= 11 is 0. The molecule has 0 spiro atoms. The molecule has 4 nitrogen and oxygen atoms in total. The van der Waals surface area contributed by atoms with Crippen LogP contribution in [0.4, 0.5) is 0 Å². The predicted octanol–water partition coefficient (Wildman–Crippen LogP) is 3.42. The Bertz CT molecular complexity index is 702. The summed E-state index contributed by atoms with van der Waals surface area (Å²) in [6.07, 6.45) is -0.353. The first-order chi connectivity index (χ1) is 12.6. The van der Waals surface area contributed by atoms with E-state index in [1.165, 1.54) is 0 Å². The van der Waals surface area contributed by atoms with Gasteiger partial charge in [-0.3, -0.25) is 4.79 Å². The zero-order valence-corrected chi connectivity index (χ0v) is 15.4. The molecule has 2 aromatic carbocycles. The van der Waals surface area contributed by atoms with Crippen LogP contribution in [0.1, 0.15) is 31.1 Å². The summed E-state index contributed by atoms with van der Waals surface area (Å²) in [6.45, 7) is 5.05. The summed E-state index contributed by atoms with van der Waals surface area (Å²) < 4.78 is 5.56. The first-order valence-corrected chi connectivity index (χ1v) is 9.23. The highest BCUT2D eigenvalue weighted by molar-refractivity contribution is 5.80. The molecule has 0 radical (unpaired) electrons. The van der Waals surface area contributed by atoms with Gasteiger partial charge in [-0.25, -0.2) is 0 Å². The van der Waals surface area contributed by atoms with Crippen molar-refractivity contribution in [2.24, 2.45) is 11.8 Å². The lowest BCUT2D eigenvalue weighted by Crippen LogP contribution is -2.45. The molecule has 4 heteroatoms. The molecule has 0 aliphatic carbocycles. The lowest BCUT2D eigenvalue weighted by atomic mass is 9.88. The van der Waals surface area contributed by atoms with E-state index < -0.39 is 12.0 Å².